The Labute approximate surface area is 244 Å². The number of rotatable bonds is 5. The molecule has 1 aromatic heterocycles. The number of carbonyl (C=O) groups excluding carboxylic acids is 2. The highest BCUT2D eigenvalue weighted by Crippen LogP contribution is 2.48. The minimum Gasteiger partial charge on any atom is -0.341 e. The maximum atomic E-state index is 14.5. The van der Waals surface area contributed by atoms with Gasteiger partial charge < -0.3 is 4.90 Å². The largest absolute Gasteiger partial charge is 0.341 e. The average molecular weight is 569 g/mol. The van der Waals surface area contributed by atoms with E-state index in [1.54, 1.807) is 15.6 Å². The van der Waals surface area contributed by atoms with Crippen molar-refractivity contribution in [1.29, 1.82) is 0 Å². The average Bonchev–Trinajstić information content (AvgIpc) is 3.30. The van der Waals surface area contributed by atoms with Crippen molar-refractivity contribution in [2.45, 2.75) is 31.9 Å². The summed E-state index contributed by atoms with van der Waals surface area (Å²) in [7, 11) is 0. The fraction of sp³-hybridized carbons (Fsp3) is 0.303. The first-order chi connectivity index (χ1) is 19.9. The van der Waals surface area contributed by atoms with E-state index in [9.17, 15) is 14.0 Å². The number of carbonyl (C=O) groups is 2. The van der Waals surface area contributed by atoms with Gasteiger partial charge in [-0.05, 0) is 61.1 Å². The number of hydrogen-bond donors (Lipinski definition) is 0. The van der Waals surface area contributed by atoms with Crippen molar-refractivity contribution in [2.24, 2.45) is 5.92 Å². The van der Waals surface area contributed by atoms with Gasteiger partial charge in [-0.3, -0.25) is 14.5 Å². The molecule has 0 radical (unpaired) electrons. The number of aryl methyl sites for hydroxylation is 1. The molecule has 41 heavy (non-hydrogen) atoms. The number of thioether (sulfide) groups is 1. The Kier molecular flexibility index (Phi) is 7.67. The smallest absolute Gasteiger partial charge is 0.242 e. The standard InChI is InChI=1S/C33H33FN4O2S/c1-22-14-16-36(17-15-22)28(39)20-37-29(40)21-41-32(25-11-7-12-26(34)19-25)30-31(24-9-4-3-5-10-24)35-38(33(30)37)27-13-6-8-23(2)18-27/h3-13,18-19,22,32H,14-17,20-21H2,1-2H3/t32-/m0/s1. The van der Waals surface area contributed by atoms with Crippen LogP contribution in [0.5, 0.6) is 0 Å². The molecule has 1 saturated heterocycles. The summed E-state index contributed by atoms with van der Waals surface area (Å²) in [5.41, 5.74) is 5.01. The van der Waals surface area contributed by atoms with Gasteiger partial charge in [-0.1, -0.05) is 61.5 Å². The first kappa shape index (κ1) is 27.3. The lowest BCUT2D eigenvalue weighted by atomic mass is 9.99. The molecule has 0 saturated carbocycles. The van der Waals surface area contributed by atoms with Gasteiger partial charge in [0.15, 0.2) is 0 Å². The minimum absolute atomic E-state index is 0.0661. The van der Waals surface area contributed by atoms with Gasteiger partial charge >= 0.3 is 0 Å². The zero-order valence-electron chi connectivity index (χ0n) is 23.3. The van der Waals surface area contributed by atoms with Crippen LogP contribution in [-0.4, -0.2) is 51.9 Å². The lowest BCUT2D eigenvalue weighted by Gasteiger charge is -2.32. The minimum atomic E-state index is -0.366. The van der Waals surface area contributed by atoms with Crippen LogP contribution in [0.25, 0.3) is 16.9 Å². The molecule has 1 atom stereocenters. The van der Waals surface area contributed by atoms with Crippen LogP contribution in [0.4, 0.5) is 10.2 Å². The first-order valence-corrected chi connectivity index (χ1v) is 15.1. The van der Waals surface area contributed by atoms with Crippen molar-refractivity contribution >= 4 is 29.4 Å². The number of hydrogen-bond acceptors (Lipinski definition) is 4. The Balaban J connectivity index is 1.57. The third-order valence-electron chi connectivity index (χ3n) is 7.96. The Morgan fingerprint density at radius 3 is 2.49 bits per heavy atom. The zero-order valence-corrected chi connectivity index (χ0v) is 24.1. The summed E-state index contributed by atoms with van der Waals surface area (Å²) in [5.74, 6) is 0.745. The fourth-order valence-corrected chi connectivity index (χ4v) is 6.88. The summed E-state index contributed by atoms with van der Waals surface area (Å²) in [4.78, 5) is 31.1. The van der Waals surface area contributed by atoms with Gasteiger partial charge in [-0.25, -0.2) is 9.07 Å². The second-order valence-electron chi connectivity index (χ2n) is 11.0. The van der Waals surface area contributed by atoms with Crippen molar-refractivity contribution in [1.82, 2.24) is 14.7 Å². The van der Waals surface area contributed by atoms with Gasteiger partial charge in [0.2, 0.25) is 11.8 Å². The molecule has 6 rings (SSSR count). The first-order valence-electron chi connectivity index (χ1n) is 14.1. The maximum absolute atomic E-state index is 14.5. The molecule has 0 aliphatic carbocycles. The highest BCUT2D eigenvalue weighted by molar-refractivity contribution is 8.00. The van der Waals surface area contributed by atoms with Crippen LogP contribution >= 0.6 is 11.8 Å². The molecule has 6 nitrogen and oxygen atoms in total. The molecular formula is C33H33FN4O2S. The van der Waals surface area contributed by atoms with Gasteiger partial charge in [0, 0.05) is 24.2 Å². The molecule has 1 fully saturated rings. The molecule has 3 aromatic carbocycles. The molecule has 2 amide bonds. The lowest BCUT2D eigenvalue weighted by molar-refractivity contribution is -0.132. The van der Waals surface area contributed by atoms with E-state index in [0.29, 0.717) is 30.5 Å². The van der Waals surface area contributed by atoms with E-state index in [1.807, 2.05) is 72.5 Å². The molecule has 0 N–H and O–H groups in total. The Morgan fingerprint density at radius 1 is 1.00 bits per heavy atom. The topological polar surface area (TPSA) is 58.4 Å². The van der Waals surface area contributed by atoms with Gasteiger partial charge in [-0.2, -0.15) is 5.10 Å². The van der Waals surface area contributed by atoms with Crippen LogP contribution in [0.2, 0.25) is 0 Å². The van der Waals surface area contributed by atoms with E-state index in [0.717, 1.165) is 40.8 Å². The van der Waals surface area contributed by atoms with Crippen molar-refractivity contribution in [2.75, 3.05) is 30.3 Å². The number of anilines is 1. The van der Waals surface area contributed by atoms with Crippen molar-refractivity contribution in [3.05, 3.63) is 101 Å². The lowest BCUT2D eigenvalue weighted by Crippen LogP contribution is -2.46. The van der Waals surface area contributed by atoms with Gasteiger partial charge in [0.05, 0.1) is 22.4 Å². The zero-order chi connectivity index (χ0) is 28.5. The maximum Gasteiger partial charge on any atom is 0.242 e. The summed E-state index contributed by atoms with van der Waals surface area (Å²) in [6.45, 7) is 5.55. The van der Waals surface area contributed by atoms with E-state index in [-0.39, 0.29) is 35.2 Å². The Morgan fingerprint density at radius 2 is 1.76 bits per heavy atom. The molecular weight excluding hydrogens is 535 g/mol. The molecule has 2 aliphatic heterocycles. The molecule has 210 valence electrons. The summed E-state index contributed by atoms with van der Waals surface area (Å²) >= 11 is 1.45. The highest BCUT2D eigenvalue weighted by atomic mass is 32.2. The quantitative estimate of drug-likeness (QED) is 0.279. The van der Waals surface area contributed by atoms with Crippen LogP contribution in [0.3, 0.4) is 0 Å². The molecule has 0 bridgehead atoms. The number of benzene rings is 3. The van der Waals surface area contributed by atoms with E-state index >= 15 is 0 Å². The number of piperidine rings is 1. The fourth-order valence-electron chi connectivity index (χ4n) is 5.69. The van der Waals surface area contributed by atoms with E-state index < -0.39 is 0 Å². The SMILES string of the molecule is Cc1cccc(-n2nc(-c3ccccc3)c3c2N(CC(=O)N2CCC(C)CC2)C(=O)CS[C@H]3c2cccc(F)c2)c1. The van der Waals surface area contributed by atoms with Crippen molar-refractivity contribution in [3.8, 4) is 16.9 Å². The molecule has 4 aromatic rings. The highest BCUT2D eigenvalue weighted by Gasteiger charge is 2.38. The van der Waals surface area contributed by atoms with Crippen LogP contribution in [0.1, 0.15) is 41.7 Å². The third kappa shape index (κ3) is 5.53. The number of nitrogens with zero attached hydrogens (tertiary/aromatic N) is 4. The van der Waals surface area contributed by atoms with Crippen LogP contribution < -0.4 is 4.90 Å². The van der Waals surface area contributed by atoms with Crippen molar-refractivity contribution < 1.29 is 14.0 Å². The number of halogens is 1. The van der Waals surface area contributed by atoms with Gasteiger partial charge in [0.25, 0.3) is 0 Å². The number of amides is 2. The Hall–Kier alpha value is -3.91. The monoisotopic (exact) mass is 568 g/mol. The predicted octanol–water partition coefficient (Wildman–Crippen LogP) is 6.41. The van der Waals surface area contributed by atoms with E-state index in [2.05, 4.69) is 6.92 Å². The number of likely N-dealkylation sites (tertiary alicyclic amines) is 1. The number of fused-ring (bicyclic) bond motifs is 1. The predicted molar refractivity (Wildman–Crippen MR) is 162 cm³/mol. The van der Waals surface area contributed by atoms with E-state index in [1.165, 1.54) is 23.9 Å². The molecule has 3 heterocycles. The summed E-state index contributed by atoms with van der Waals surface area (Å²) < 4.78 is 16.3. The summed E-state index contributed by atoms with van der Waals surface area (Å²) in [5, 5.41) is 4.75. The summed E-state index contributed by atoms with van der Waals surface area (Å²) in [6.07, 6.45) is 1.92. The third-order valence-corrected chi connectivity index (χ3v) is 9.22. The number of aromatic nitrogens is 2. The molecule has 2 aliphatic rings. The molecule has 0 spiro atoms. The molecule has 0 unspecified atom stereocenters. The van der Waals surface area contributed by atoms with E-state index in [4.69, 9.17) is 5.10 Å². The second-order valence-corrected chi connectivity index (χ2v) is 12.1. The van der Waals surface area contributed by atoms with Crippen molar-refractivity contribution in [3.63, 3.8) is 0 Å². The molecule has 8 heteroatoms. The van der Waals surface area contributed by atoms with Gasteiger partial charge in [-0.15, -0.1) is 11.8 Å². The van der Waals surface area contributed by atoms with Crippen LogP contribution in [0.15, 0.2) is 78.9 Å². The Bertz CT molecular complexity index is 1580. The normalized spacial score (nSPS) is 17.8. The van der Waals surface area contributed by atoms with Gasteiger partial charge in [0.1, 0.15) is 18.2 Å². The summed E-state index contributed by atoms with van der Waals surface area (Å²) in [6, 6.07) is 24.4. The van der Waals surface area contributed by atoms with Crippen LogP contribution in [-0.2, 0) is 9.59 Å². The van der Waals surface area contributed by atoms with Crippen LogP contribution in [0, 0.1) is 18.7 Å². The second kappa shape index (κ2) is 11.5.